The predicted molar refractivity (Wildman–Crippen MR) is 98.3 cm³/mol. The lowest BCUT2D eigenvalue weighted by Gasteiger charge is -2.48. The van der Waals surface area contributed by atoms with Crippen molar-refractivity contribution in [2.45, 2.75) is 52.5 Å². The smallest absolute Gasteiger partial charge is 0.317 e. The predicted octanol–water partition coefficient (Wildman–Crippen LogP) is 2.11. The van der Waals surface area contributed by atoms with E-state index >= 15 is 0 Å². The summed E-state index contributed by atoms with van der Waals surface area (Å²) in [7, 11) is 0. The van der Waals surface area contributed by atoms with Crippen LogP contribution in [0.5, 0.6) is 0 Å². The molecule has 1 unspecified atom stereocenters. The maximum absolute atomic E-state index is 12.4. The molecular weight excluding hydrogens is 330 g/mol. The van der Waals surface area contributed by atoms with Crippen LogP contribution in [0.15, 0.2) is 12.4 Å². The van der Waals surface area contributed by atoms with Gasteiger partial charge in [0.1, 0.15) is 0 Å². The van der Waals surface area contributed by atoms with Gasteiger partial charge in [0.2, 0.25) is 5.91 Å². The minimum atomic E-state index is 0.00778. The van der Waals surface area contributed by atoms with Crippen LogP contribution < -0.4 is 5.32 Å². The first-order chi connectivity index (χ1) is 12.5. The van der Waals surface area contributed by atoms with Gasteiger partial charge in [0, 0.05) is 44.2 Å². The summed E-state index contributed by atoms with van der Waals surface area (Å²) in [6.45, 7) is 7.38. The van der Waals surface area contributed by atoms with Gasteiger partial charge in [-0.15, -0.1) is 0 Å². The van der Waals surface area contributed by atoms with E-state index in [0.29, 0.717) is 26.1 Å². The molecule has 0 bridgehead atoms. The Morgan fingerprint density at radius 3 is 2.85 bits per heavy atom. The Kier molecular flexibility index (Phi) is 5.74. The number of urea groups is 1. The van der Waals surface area contributed by atoms with E-state index in [1.54, 1.807) is 12.4 Å². The lowest BCUT2D eigenvalue weighted by Crippen LogP contribution is -2.56. The highest BCUT2D eigenvalue weighted by Crippen LogP contribution is 2.39. The quantitative estimate of drug-likeness (QED) is 0.893. The number of nitrogens with one attached hydrogen (secondary N) is 1. The normalized spacial score (nSPS) is 23.4. The summed E-state index contributed by atoms with van der Waals surface area (Å²) in [5, 5.41) is 2.98. The van der Waals surface area contributed by atoms with Gasteiger partial charge in [-0.3, -0.25) is 14.8 Å². The van der Waals surface area contributed by atoms with Crippen LogP contribution in [0, 0.1) is 12.3 Å². The number of likely N-dealkylation sites (tertiary alicyclic amines) is 2. The minimum absolute atomic E-state index is 0.00778. The van der Waals surface area contributed by atoms with Crippen molar-refractivity contribution in [3.05, 3.63) is 23.8 Å². The van der Waals surface area contributed by atoms with Crippen molar-refractivity contribution in [2.75, 3.05) is 26.2 Å². The second-order valence-electron chi connectivity index (χ2n) is 7.66. The Labute approximate surface area is 155 Å². The molecule has 1 atom stereocenters. The molecule has 2 fully saturated rings. The van der Waals surface area contributed by atoms with E-state index in [-0.39, 0.29) is 17.4 Å². The fourth-order valence-electron chi connectivity index (χ4n) is 4.00. The molecule has 3 amide bonds. The average molecular weight is 359 g/mol. The summed E-state index contributed by atoms with van der Waals surface area (Å²) in [5.74, 6) is 0.172. The number of piperidine rings is 2. The van der Waals surface area contributed by atoms with Crippen molar-refractivity contribution >= 4 is 11.9 Å². The summed E-state index contributed by atoms with van der Waals surface area (Å²) >= 11 is 0. The lowest BCUT2D eigenvalue weighted by atomic mass is 9.73. The van der Waals surface area contributed by atoms with Crippen molar-refractivity contribution in [3.8, 4) is 0 Å². The van der Waals surface area contributed by atoms with Crippen LogP contribution in [0.2, 0.25) is 0 Å². The molecule has 0 aliphatic carbocycles. The molecule has 26 heavy (non-hydrogen) atoms. The van der Waals surface area contributed by atoms with Crippen LogP contribution in [0.4, 0.5) is 4.79 Å². The number of hydrogen-bond donors (Lipinski definition) is 1. The highest BCUT2D eigenvalue weighted by atomic mass is 16.2. The Morgan fingerprint density at radius 1 is 1.27 bits per heavy atom. The summed E-state index contributed by atoms with van der Waals surface area (Å²) in [6.07, 6.45) is 7.88. The van der Waals surface area contributed by atoms with Gasteiger partial charge >= 0.3 is 6.03 Å². The van der Waals surface area contributed by atoms with Gasteiger partial charge in [0.25, 0.3) is 0 Å². The van der Waals surface area contributed by atoms with Crippen LogP contribution in [0.25, 0.3) is 0 Å². The van der Waals surface area contributed by atoms with Crippen molar-refractivity contribution in [1.29, 1.82) is 0 Å². The van der Waals surface area contributed by atoms with E-state index in [2.05, 4.69) is 22.2 Å². The third kappa shape index (κ3) is 4.31. The fraction of sp³-hybridized carbons (Fsp3) is 0.684. The largest absolute Gasteiger partial charge is 0.338 e. The first kappa shape index (κ1) is 18.6. The monoisotopic (exact) mass is 359 g/mol. The third-order valence-corrected chi connectivity index (χ3v) is 5.41. The van der Waals surface area contributed by atoms with Gasteiger partial charge in [-0.25, -0.2) is 4.79 Å². The summed E-state index contributed by atoms with van der Waals surface area (Å²) in [4.78, 5) is 37.3. The number of carbonyl (C=O) groups is 2. The molecule has 2 aliphatic rings. The van der Waals surface area contributed by atoms with E-state index in [1.165, 1.54) is 0 Å². The molecule has 1 N–H and O–H groups in total. The number of rotatable bonds is 4. The molecule has 1 aromatic heterocycles. The molecular formula is C19H29N5O2. The topological polar surface area (TPSA) is 78.4 Å². The van der Waals surface area contributed by atoms with Crippen molar-refractivity contribution < 1.29 is 9.59 Å². The molecule has 0 radical (unpaired) electrons. The Balaban J connectivity index is 1.66. The van der Waals surface area contributed by atoms with Gasteiger partial charge in [0.05, 0.1) is 24.1 Å². The molecule has 2 saturated heterocycles. The van der Waals surface area contributed by atoms with E-state index in [0.717, 1.165) is 50.2 Å². The molecule has 142 valence electrons. The second kappa shape index (κ2) is 8.01. The molecule has 2 aliphatic heterocycles. The lowest BCUT2D eigenvalue weighted by molar-refractivity contribution is -0.139. The van der Waals surface area contributed by atoms with Crippen LogP contribution >= 0.6 is 0 Å². The summed E-state index contributed by atoms with van der Waals surface area (Å²) in [5.41, 5.74) is 1.69. The minimum Gasteiger partial charge on any atom is -0.338 e. The molecule has 7 heteroatoms. The molecule has 1 spiro atoms. The van der Waals surface area contributed by atoms with Crippen molar-refractivity contribution in [3.63, 3.8) is 0 Å². The number of nitrogens with zero attached hydrogens (tertiary/aromatic N) is 4. The first-order valence-corrected chi connectivity index (χ1v) is 9.59. The summed E-state index contributed by atoms with van der Waals surface area (Å²) in [6, 6.07) is 0.0266. The van der Waals surface area contributed by atoms with Gasteiger partial charge in [0.15, 0.2) is 0 Å². The molecule has 3 rings (SSSR count). The molecule has 7 nitrogen and oxygen atoms in total. The average Bonchev–Trinajstić information content (AvgIpc) is 2.65. The SMILES string of the molecule is CCCNC(=O)N1CCCC2(CCC(=O)N(Cc3cnc(C)cn3)C2)C1. The highest BCUT2D eigenvalue weighted by molar-refractivity contribution is 5.77. The maximum Gasteiger partial charge on any atom is 0.317 e. The Morgan fingerprint density at radius 2 is 2.12 bits per heavy atom. The number of hydrogen-bond acceptors (Lipinski definition) is 4. The fourth-order valence-corrected chi connectivity index (χ4v) is 4.00. The first-order valence-electron chi connectivity index (χ1n) is 9.59. The molecule has 3 heterocycles. The van der Waals surface area contributed by atoms with Crippen LogP contribution in [0.3, 0.4) is 0 Å². The van der Waals surface area contributed by atoms with Gasteiger partial charge in [-0.2, -0.15) is 0 Å². The molecule has 1 aromatic rings. The van der Waals surface area contributed by atoms with Crippen molar-refractivity contribution in [1.82, 2.24) is 25.1 Å². The Hall–Kier alpha value is -2.18. The van der Waals surface area contributed by atoms with E-state index < -0.39 is 0 Å². The van der Waals surface area contributed by atoms with Gasteiger partial charge in [-0.1, -0.05) is 6.92 Å². The maximum atomic E-state index is 12.4. The highest BCUT2D eigenvalue weighted by Gasteiger charge is 2.42. The number of aryl methyl sites for hydroxylation is 1. The molecule has 0 aromatic carbocycles. The van der Waals surface area contributed by atoms with Crippen LogP contribution in [-0.4, -0.2) is 57.9 Å². The van der Waals surface area contributed by atoms with E-state index in [9.17, 15) is 9.59 Å². The van der Waals surface area contributed by atoms with Crippen LogP contribution in [0.1, 0.15) is 50.4 Å². The zero-order valence-corrected chi connectivity index (χ0v) is 15.8. The zero-order valence-electron chi connectivity index (χ0n) is 15.8. The molecule has 0 saturated carbocycles. The van der Waals surface area contributed by atoms with E-state index in [1.807, 2.05) is 16.7 Å². The number of amides is 3. The second-order valence-corrected chi connectivity index (χ2v) is 7.66. The van der Waals surface area contributed by atoms with Crippen LogP contribution in [-0.2, 0) is 11.3 Å². The Bertz CT molecular complexity index is 648. The van der Waals surface area contributed by atoms with Crippen molar-refractivity contribution in [2.24, 2.45) is 5.41 Å². The van der Waals surface area contributed by atoms with E-state index in [4.69, 9.17) is 0 Å². The van der Waals surface area contributed by atoms with Gasteiger partial charge < -0.3 is 15.1 Å². The standard InChI is InChI=1S/C19H29N5O2/c1-3-8-20-18(26)23-9-4-6-19(13-23)7-5-17(25)24(14-19)12-16-11-21-15(2)10-22-16/h10-11H,3-9,12-14H2,1-2H3,(H,20,26). The third-order valence-electron chi connectivity index (χ3n) is 5.41. The number of aromatic nitrogens is 2. The number of carbonyl (C=O) groups excluding carboxylic acids is 2. The summed E-state index contributed by atoms with van der Waals surface area (Å²) < 4.78 is 0. The van der Waals surface area contributed by atoms with Gasteiger partial charge in [-0.05, 0) is 32.6 Å². The zero-order chi connectivity index (χ0) is 18.6.